The first-order chi connectivity index (χ1) is 20.5. The summed E-state index contributed by atoms with van der Waals surface area (Å²) in [7, 11) is 0. The first-order valence-corrected chi connectivity index (χ1v) is 20.3. The third-order valence-electron chi connectivity index (χ3n) is 13.8. The van der Waals surface area contributed by atoms with Gasteiger partial charge in [0.05, 0.1) is 0 Å². The van der Waals surface area contributed by atoms with Gasteiger partial charge in [-0.05, 0) is 105 Å². The molecule has 3 aliphatic carbocycles. The van der Waals surface area contributed by atoms with E-state index in [4.69, 9.17) is 0 Å². The van der Waals surface area contributed by atoms with E-state index in [1.807, 2.05) is 0 Å². The highest BCUT2D eigenvalue weighted by molar-refractivity contribution is 4.89. The topological polar surface area (TPSA) is 12.0 Å². The van der Waals surface area contributed by atoms with Gasteiger partial charge in [-0.25, -0.2) is 0 Å². The lowest BCUT2D eigenvalue weighted by atomic mass is 9.62. The Morgan fingerprint density at radius 2 is 1.21 bits per heavy atom. The molecule has 3 rings (SSSR count). The van der Waals surface area contributed by atoms with E-state index in [-0.39, 0.29) is 0 Å². The first-order valence-electron chi connectivity index (χ1n) is 20.3. The Morgan fingerprint density at radius 1 is 0.619 bits per heavy atom. The second-order valence-electron chi connectivity index (χ2n) is 16.3. The Hall–Kier alpha value is -0.0400. The van der Waals surface area contributed by atoms with E-state index in [1.54, 1.807) is 38.5 Å². The number of hydrogen-bond donors (Lipinski definition) is 1. The summed E-state index contributed by atoms with van der Waals surface area (Å²) in [6.45, 7) is 12.5. The Bertz CT molecular complexity index is 651. The predicted molar refractivity (Wildman–Crippen MR) is 188 cm³/mol. The highest BCUT2D eigenvalue weighted by Crippen LogP contribution is 2.50. The summed E-state index contributed by atoms with van der Waals surface area (Å²) in [5.74, 6) is 4.01. The summed E-state index contributed by atoms with van der Waals surface area (Å²) in [6.07, 6.45) is 43.2. The summed E-state index contributed by atoms with van der Waals surface area (Å²) >= 11 is 0. The average Bonchev–Trinajstić information content (AvgIpc) is 3.02. The summed E-state index contributed by atoms with van der Waals surface area (Å²) < 4.78 is 0. The maximum absolute atomic E-state index is 3.87. The van der Waals surface area contributed by atoms with Gasteiger partial charge in [0.1, 0.15) is 0 Å². The molecule has 1 heteroatoms. The molecule has 1 nitrogen and oxygen atoms in total. The summed E-state index contributed by atoms with van der Waals surface area (Å²) in [5, 5.41) is 3.87. The lowest BCUT2D eigenvalue weighted by Gasteiger charge is -2.43. The van der Waals surface area contributed by atoms with Crippen molar-refractivity contribution in [2.75, 3.05) is 13.1 Å². The normalized spacial score (nSPS) is 29.9. The van der Waals surface area contributed by atoms with Crippen LogP contribution in [0.4, 0.5) is 0 Å². The van der Waals surface area contributed by atoms with Crippen LogP contribution in [0, 0.1) is 34.5 Å². The monoisotopic (exact) mass is 586 g/mol. The SMILES string of the molecule is CCC(CCCCCCNCCC1CCCCCC(C(C)(CC)CC)CCCC1)C12CCCCCC(CCCC1)CC2. The van der Waals surface area contributed by atoms with Gasteiger partial charge in [0.25, 0.3) is 0 Å². The molecule has 5 atom stereocenters. The van der Waals surface area contributed by atoms with Crippen molar-refractivity contribution >= 4 is 0 Å². The molecule has 0 heterocycles. The van der Waals surface area contributed by atoms with Gasteiger partial charge in [0, 0.05) is 0 Å². The van der Waals surface area contributed by atoms with E-state index < -0.39 is 0 Å². The summed E-state index contributed by atoms with van der Waals surface area (Å²) in [4.78, 5) is 0. The van der Waals surface area contributed by atoms with Gasteiger partial charge >= 0.3 is 0 Å². The zero-order chi connectivity index (χ0) is 29.9. The maximum Gasteiger partial charge on any atom is -0.00463 e. The summed E-state index contributed by atoms with van der Waals surface area (Å²) in [6, 6.07) is 0. The number of rotatable bonds is 15. The lowest BCUT2D eigenvalue weighted by molar-refractivity contribution is 0.0764. The van der Waals surface area contributed by atoms with Crippen LogP contribution in [0.5, 0.6) is 0 Å². The summed E-state index contributed by atoms with van der Waals surface area (Å²) in [5.41, 5.74) is 1.29. The highest BCUT2D eigenvalue weighted by atomic mass is 14.8. The molecule has 248 valence electrons. The van der Waals surface area contributed by atoms with E-state index in [0.29, 0.717) is 10.8 Å². The van der Waals surface area contributed by atoms with E-state index >= 15 is 0 Å². The minimum absolute atomic E-state index is 0.584. The van der Waals surface area contributed by atoms with E-state index in [9.17, 15) is 0 Å². The van der Waals surface area contributed by atoms with Gasteiger partial charge in [0.2, 0.25) is 0 Å². The molecule has 1 N–H and O–H groups in total. The number of hydrogen-bond acceptors (Lipinski definition) is 1. The van der Waals surface area contributed by atoms with Gasteiger partial charge in [-0.2, -0.15) is 0 Å². The first kappa shape index (κ1) is 36.4. The molecule has 2 bridgehead atoms. The van der Waals surface area contributed by atoms with Crippen molar-refractivity contribution in [3.63, 3.8) is 0 Å². The number of nitrogens with one attached hydrogen (secondary N) is 1. The maximum atomic E-state index is 3.87. The molecule has 0 aromatic carbocycles. The molecule has 0 radical (unpaired) electrons. The minimum atomic E-state index is 0.584. The Labute approximate surface area is 266 Å². The van der Waals surface area contributed by atoms with Crippen molar-refractivity contribution in [3.8, 4) is 0 Å². The molecule has 0 spiro atoms. The molecule has 3 aliphatic rings. The Kier molecular flexibility index (Phi) is 18.1. The molecule has 0 saturated heterocycles. The van der Waals surface area contributed by atoms with Gasteiger partial charge in [-0.15, -0.1) is 0 Å². The van der Waals surface area contributed by atoms with Crippen LogP contribution in [0.2, 0.25) is 0 Å². The zero-order valence-electron chi connectivity index (χ0n) is 29.7. The van der Waals surface area contributed by atoms with Crippen LogP contribution in [-0.2, 0) is 0 Å². The van der Waals surface area contributed by atoms with Gasteiger partial charge in [-0.1, -0.05) is 156 Å². The fourth-order valence-electron chi connectivity index (χ4n) is 10.2. The van der Waals surface area contributed by atoms with E-state index in [1.165, 1.54) is 161 Å². The van der Waals surface area contributed by atoms with Gasteiger partial charge in [-0.3, -0.25) is 0 Å². The molecule has 0 aromatic heterocycles. The van der Waals surface area contributed by atoms with Crippen LogP contribution >= 0.6 is 0 Å². The third kappa shape index (κ3) is 12.4. The lowest BCUT2D eigenvalue weighted by Crippen LogP contribution is -2.32. The molecule has 5 unspecified atom stereocenters. The highest BCUT2D eigenvalue weighted by Gasteiger charge is 2.38. The van der Waals surface area contributed by atoms with Crippen molar-refractivity contribution < 1.29 is 0 Å². The van der Waals surface area contributed by atoms with Crippen molar-refractivity contribution in [1.82, 2.24) is 5.32 Å². The quantitative estimate of drug-likeness (QED) is 0.188. The van der Waals surface area contributed by atoms with E-state index in [2.05, 4.69) is 33.0 Å². The number of unbranched alkanes of at least 4 members (excludes halogenated alkanes) is 3. The molecule has 3 fully saturated rings. The van der Waals surface area contributed by atoms with Crippen molar-refractivity contribution in [3.05, 3.63) is 0 Å². The Morgan fingerprint density at radius 3 is 1.95 bits per heavy atom. The Balaban J connectivity index is 1.27. The molecule has 42 heavy (non-hydrogen) atoms. The molecular weight excluding hydrogens is 506 g/mol. The third-order valence-corrected chi connectivity index (χ3v) is 13.8. The van der Waals surface area contributed by atoms with Gasteiger partial charge in [0.15, 0.2) is 0 Å². The van der Waals surface area contributed by atoms with Crippen molar-refractivity contribution in [2.24, 2.45) is 34.5 Å². The van der Waals surface area contributed by atoms with Crippen LogP contribution in [0.25, 0.3) is 0 Å². The largest absolute Gasteiger partial charge is 0.317 e. The molecule has 0 aromatic rings. The zero-order valence-corrected chi connectivity index (χ0v) is 29.7. The van der Waals surface area contributed by atoms with Crippen LogP contribution in [0.3, 0.4) is 0 Å². The smallest absolute Gasteiger partial charge is 0.00463 e. The van der Waals surface area contributed by atoms with E-state index in [0.717, 1.165) is 23.7 Å². The molecule has 0 aliphatic heterocycles. The van der Waals surface area contributed by atoms with Crippen LogP contribution in [-0.4, -0.2) is 13.1 Å². The van der Waals surface area contributed by atoms with Crippen molar-refractivity contribution in [1.29, 1.82) is 0 Å². The fourth-order valence-corrected chi connectivity index (χ4v) is 10.2. The predicted octanol–water partition coefficient (Wildman–Crippen LogP) is 13.4. The fraction of sp³-hybridized carbons (Fsp3) is 1.00. The average molecular weight is 586 g/mol. The van der Waals surface area contributed by atoms with Gasteiger partial charge < -0.3 is 5.32 Å². The van der Waals surface area contributed by atoms with Crippen LogP contribution in [0.15, 0.2) is 0 Å². The van der Waals surface area contributed by atoms with Crippen molar-refractivity contribution in [2.45, 2.75) is 214 Å². The molecule has 3 saturated carbocycles. The van der Waals surface area contributed by atoms with Crippen LogP contribution in [0.1, 0.15) is 214 Å². The molecule has 0 amide bonds. The second-order valence-corrected chi connectivity index (χ2v) is 16.3. The standard InChI is InChI=1S/C41H79N/c1-5-38(41-31-19-11-13-22-36(29-33-41)25-18-20-32-41)26-14-8-9-21-34-42-35-30-37-23-12-10-15-27-39(28-17-16-24-37)40(4,6-2)7-3/h36-39,42H,5-35H2,1-4H3. The number of fused-ring (bicyclic) bond motifs is 3. The second kappa shape index (κ2) is 20.9. The van der Waals surface area contributed by atoms with Crippen LogP contribution < -0.4 is 5.32 Å². The molecular formula is C41H79N. The minimum Gasteiger partial charge on any atom is -0.317 e.